The van der Waals surface area contributed by atoms with Crippen LogP contribution >= 0.6 is 0 Å². The van der Waals surface area contributed by atoms with Gasteiger partial charge in [-0.2, -0.15) is 0 Å². The summed E-state index contributed by atoms with van der Waals surface area (Å²) in [4.78, 5) is 23.3. The zero-order valence-corrected chi connectivity index (χ0v) is 20.9. The lowest BCUT2D eigenvalue weighted by Crippen LogP contribution is -2.27. The third-order valence-electron chi connectivity index (χ3n) is 4.48. The fourth-order valence-electron chi connectivity index (χ4n) is 2.86. The molecule has 12 heteroatoms. The number of hydrogen-bond donors (Lipinski definition) is 1. The molecule has 0 bridgehead atoms. The summed E-state index contributed by atoms with van der Waals surface area (Å²) >= 11 is 0. The van der Waals surface area contributed by atoms with Gasteiger partial charge >= 0.3 is 11.9 Å². The first-order chi connectivity index (χ1) is 16.5. The second kappa shape index (κ2) is 12.0. The van der Waals surface area contributed by atoms with E-state index in [-0.39, 0.29) is 17.2 Å². The molecule has 2 rings (SSSR count). The van der Waals surface area contributed by atoms with E-state index < -0.39 is 28.1 Å². The van der Waals surface area contributed by atoms with Crippen LogP contribution in [0.25, 0.3) is 6.08 Å². The van der Waals surface area contributed by atoms with Gasteiger partial charge < -0.3 is 28.4 Å². The summed E-state index contributed by atoms with van der Waals surface area (Å²) in [6.07, 6.45) is 0.139. The van der Waals surface area contributed by atoms with Crippen LogP contribution in [0.15, 0.2) is 35.7 Å². The number of hydrogen-bond acceptors (Lipinski definition) is 10. The SMILES string of the molecule is COc1cc(OC)c(C=CS(=O)(=O)Nc2ccc(OC)c(OC(=O)C(C)OC(C)=O)c2)c(OC)c1. The van der Waals surface area contributed by atoms with Crippen LogP contribution in [0.1, 0.15) is 19.4 Å². The molecule has 35 heavy (non-hydrogen) atoms. The number of carbonyl (C=O) groups is 2. The fourth-order valence-corrected chi connectivity index (χ4v) is 3.70. The molecule has 0 heterocycles. The Balaban J connectivity index is 2.30. The van der Waals surface area contributed by atoms with E-state index in [1.54, 1.807) is 12.1 Å². The van der Waals surface area contributed by atoms with Crippen molar-refractivity contribution in [2.24, 2.45) is 0 Å². The molecule has 0 fully saturated rings. The molecular formula is C23H27NO10S. The monoisotopic (exact) mass is 509 g/mol. The average molecular weight is 510 g/mol. The van der Waals surface area contributed by atoms with E-state index in [9.17, 15) is 18.0 Å². The van der Waals surface area contributed by atoms with Crippen LogP contribution in [0.4, 0.5) is 5.69 Å². The van der Waals surface area contributed by atoms with Gasteiger partial charge in [-0.05, 0) is 25.1 Å². The summed E-state index contributed by atoms with van der Waals surface area (Å²) in [5, 5.41) is 0.929. The molecule has 0 aromatic heterocycles. The number of ether oxygens (including phenoxy) is 6. The van der Waals surface area contributed by atoms with Crippen molar-refractivity contribution >= 4 is 33.7 Å². The first-order valence-corrected chi connectivity index (χ1v) is 11.7. The minimum Gasteiger partial charge on any atom is -0.496 e. The van der Waals surface area contributed by atoms with E-state index in [0.717, 1.165) is 12.3 Å². The van der Waals surface area contributed by atoms with Crippen molar-refractivity contribution in [3.8, 4) is 28.7 Å². The second-order valence-electron chi connectivity index (χ2n) is 6.93. The Hall–Kier alpha value is -3.93. The first-order valence-electron chi connectivity index (χ1n) is 10.1. The quantitative estimate of drug-likeness (QED) is 0.356. The van der Waals surface area contributed by atoms with Gasteiger partial charge in [0.15, 0.2) is 17.6 Å². The molecule has 1 atom stereocenters. The van der Waals surface area contributed by atoms with Crippen molar-refractivity contribution in [1.29, 1.82) is 0 Å². The van der Waals surface area contributed by atoms with Crippen LogP contribution in [0.5, 0.6) is 28.7 Å². The lowest BCUT2D eigenvalue weighted by Gasteiger charge is -2.15. The average Bonchev–Trinajstić information content (AvgIpc) is 2.81. The summed E-state index contributed by atoms with van der Waals surface area (Å²) in [7, 11) is 1.68. The standard InChI is InChI=1S/C23H27NO10S/c1-14(33-15(2)25)23(26)34-22-11-16(7-8-19(22)30-4)24-35(27,28)10-9-18-20(31-5)12-17(29-3)13-21(18)32-6/h7-14,24H,1-6H3. The predicted octanol–water partition coefficient (Wildman–Crippen LogP) is 2.99. The Bertz CT molecular complexity index is 1180. The molecule has 0 saturated carbocycles. The maximum atomic E-state index is 12.7. The van der Waals surface area contributed by atoms with Gasteiger partial charge in [0.2, 0.25) is 0 Å². The molecule has 0 aliphatic carbocycles. The normalized spacial score (nSPS) is 11.9. The van der Waals surface area contributed by atoms with Crippen LogP contribution < -0.4 is 28.4 Å². The third-order valence-corrected chi connectivity index (χ3v) is 5.49. The molecule has 0 amide bonds. The van der Waals surface area contributed by atoms with Gasteiger partial charge in [-0.1, -0.05) is 0 Å². The lowest BCUT2D eigenvalue weighted by molar-refractivity contribution is -0.159. The van der Waals surface area contributed by atoms with Crippen molar-refractivity contribution in [3.05, 3.63) is 41.3 Å². The highest BCUT2D eigenvalue weighted by atomic mass is 32.2. The van der Waals surface area contributed by atoms with Gasteiger partial charge in [0.25, 0.3) is 10.0 Å². The zero-order chi connectivity index (χ0) is 26.2. The molecule has 0 radical (unpaired) electrons. The number of methoxy groups -OCH3 is 4. The Kier molecular flexibility index (Phi) is 9.34. The molecule has 0 saturated heterocycles. The molecular weight excluding hydrogens is 482 g/mol. The van der Waals surface area contributed by atoms with E-state index in [2.05, 4.69) is 4.72 Å². The number of benzene rings is 2. The first kappa shape index (κ1) is 27.3. The van der Waals surface area contributed by atoms with Crippen molar-refractivity contribution in [1.82, 2.24) is 0 Å². The van der Waals surface area contributed by atoms with Crippen molar-refractivity contribution < 1.29 is 46.4 Å². The fraction of sp³-hybridized carbons (Fsp3) is 0.304. The van der Waals surface area contributed by atoms with Gasteiger partial charge in [0, 0.05) is 25.1 Å². The van der Waals surface area contributed by atoms with Crippen molar-refractivity contribution in [2.75, 3.05) is 33.2 Å². The summed E-state index contributed by atoms with van der Waals surface area (Å²) in [6, 6.07) is 7.27. The molecule has 1 N–H and O–H groups in total. The Labute approximate surface area is 203 Å². The predicted molar refractivity (Wildman–Crippen MR) is 128 cm³/mol. The largest absolute Gasteiger partial charge is 0.496 e. The van der Waals surface area contributed by atoms with Crippen LogP contribution in [0, 0.1) is 0 Å². The molecule has 2 aromatic rings. The Morgan fingerprint density at radius 1 is 0.886 bits per heavy atom. The van der Waals surface area contributed by atoms with Crippen LogP contribution in [-0.4, -0.2) is 54.9 Å². The second-order valence-corrected chi connectivity index (χ2v) is 8.50. The molecule has 190 valence electrons. The van der Waals surface area contributed by atoms with Crippen LogP contribution in [0.2, 0.25) is 0 Å². The van der Waals surface area contributed by atoms with E-state index in [1.165, 1.54) is 59.6 Å². The van der Waals surface area contributed by atoms with Gasteiger partial charge in [-0.25, -0.2) is 13.2 Å². The Morgan fingerprint density at radius 2 is 1.49 bits per heavy atom. The highest BCUT2D eigenvalue weighted by molar-refractivity contribution is 7.95. The smallest absolute Gasteiger partial charge is 0.352 e. The lowest BCUT2D eigenvalue weighted by atomic mass is 10.1. The summed E-state index contributed by atoms with van der Waals surface area (Å²) < 4.78 is 58.8. The molecule has 0 spiro atoms. The third kappa shape index (κ3) is 7.54. The van der Waals surface area contributed by atoms with E-state index in [0.29, 0.717) is 22.8 Å². The van der Waals surface area contributed by atoms with Crippen LogP contribution in [-0.2, 0) is 24.3 Å². The Morgan fingerprint density at radius 3 is 2.00 bits per heavy atom. The molecule has 1 unspecified atom stereocenters. The van der Waals surface area contributed by atoms with Gasteiger partial charge in [-0.3, -0.25) is 9.52 Å². The van der Waals surface area contributed by atoms with Crippen molar-refractivity contribution in [3.63, 3.8) is 0 Å². The number of nitrogens with one attached hydrogen (secondary N) is 1. The maximum Gasteiger partial charge on any atom is 0.352 e. The number of sulfonamides is 1. The highest BCUT2D eigenvalue weighted by Crippen LogP contribution is 2.35. The van der Waals surface area contributed by atoms with Gasteiger partial charge in [-0.15, -0.1) is 0 Å². The molecule has 2 aromatic carbocycles. The number of carbonyl (C=O) groups excluding carboxylic acids is 2. The topological polar surface area (TPSA) is 136 Å². The maximum absolute atomic E-state index is 12.7. The zero-order valence-electron chi connectivity index (χ0n) is 20.1. The minimum atomic E-state index is -4.02. The van der Waals surface area contributed by atoms with Gasteiger partial charge in [0.1, 0.15) is 17.2 Å². The van der Waals surface area contributed by atoms with E-state index in [4.69, 9.17) is 28.4 Å². The number of rotatable bonds is 11. The van der Waals surface area contributed by atoms with Crippen molar-refractivity contribution in [2.45, 2.75) is 20.0 Å². The van der Waals surface area contributed by atoms with Gasteiger partial charge in [0.05, 0.1) is 45.1 Å². The number of anilines is 1. The minimum absolute atomic E-state index is 0.0702. The molecule has 0 aliphatic rings. The van der Waals surface area contributed by atoms with E-state index in [1.807, 2.05) is 0 Å². The molecule has 11 nitrogen and oxygen atoms in total. The molecule has 0 aliphatic heterocycles. The number of esters is 2. The summed E-state index contributed by atoms with van der Waals surface area (Å²) in [5.74, 6) is -0.266. The van der Waals surface area contributed by atoms with Crippen LogP contribution in [0.3, 0.4) is 0 Å². The van der Waals surface area contributed by atoms with E-state index >= 15 is 0 Å². The summed E-state index contributed by atoms with van der Waals surface area (Å²) in [6.45, 7) is 2.50. The highest BCUT2D eigenvalue weighted by Gasteiger charge is 2.21. The summed E-state index contributed by atoms with van der Waals surface area (Å²) in [5.41, 5.74) is 0.469.